The number of hydrogen-bond donors (Lipinski definition) is 1. The van der Waals surface area contributed by atoms with Crippen LogP contribution in [0.1, 0.15) is 22.2 Å². The molecule has 0 aliphatic carbocycles. The highest BCUT2D eigenvalue weighted by Gasteiger charge is 2.24. The number of aromatic nitrogens is 2. The fraction of sp³-hybridized carbons (Fsp3) is 0.263. The van der Waals surface area contributed by atoms with Crippen LogP contribution in [0.5, 0.6) is 5.75 Å². The molecule has 4 rings (SSSR count). The normalized spacial score (nSPS) is 16.3. The molecule has 1 amide bonds. The van der Waals surface area contributed by atoms with Crippen molar-refractivity contribution in [2.45, 2.75) is 12.6 Å². The van der Waals surface area contributed by atoms with Crippen LogP contribution in [0, 0.1) is 0 Å². The van der Waals surface area contributed by atoms with E-state index >= 15 is 0 Å². The molecule has 1 N–H and O–H groups in total. The van der Waals surface area contributed by atoms with Gasteiger partial charge in [-0.05, 0) is 36.4 Å². The number of halogens is 1. The topological polar surface area (TPSA) is 65.4 Å². The molecule has 0 saturated carbocycles. The number of carbonyl (C=O) groups is 1. The molecule has 1 unspecified atom stereocenters. The van der Waals surface area contributed by atoms with Gasteiger partial charge in [0.25, 0.3) is 5.91 Å². The first-order valence-electron chi connectivity index (χ1n) is 8.32. The third-order valence-corrected chi connectivity index (χ3v) is 4.73. The molecule has 7 heteroatoms. The van der Waals surface area contributed by atoms with Crippen molar-refractivity contribution in [1.82, 2.24) is 14.9 Å². The van der Waals surface area contributed by atoms with E-state index in [-0.39, 0.29) is 11.9 Å². The number of methoxy groups -OCH3 is 1. The first-order valence-corrected chi connectivity index (χ1v) is 8.70. The molecule has 1 aromatic heterocycles. The van der Waals surface area contributed by atoms with Gasteiger partial charge in [-0.3, -0.25) is 4.79 Å². The van der Waals surface area contributed by atoms with Gasteiger partial charge >= 0.3 is 0 Å². The molecule has 1 aliphatic rings. The maximum atomic E-state index is 12.4. The summed E-state index contributed by atoms with van der Waals surface area (Å²) in [7, 11) is 1.63. The van der Waals surface area contributed by atoms with Crippen LogP contribution in [0.4, 0.5) is 0 Å². The smallest absolute Gasteiger partial charge is 0.251 e. The molecule has 0 bridgehead atoms. The zero-order chi connectivity index (χ0) is 18.1. The zero-order valence-electron chi connectivity index (χ0n) is 14.2. The molecule has 1 atom stereocenters. The Hall–Kier alpha value is -2.57. The first kappa shape index (κ1) is 16.9. The summed E-state index contributed by atoms with van der Waals surface area (Å²) in [4.78, 5) is 17.0. The van der Waals surface area contributed by atoms with Crippen molar-refractivity contribution in [3.63, 3.8) is 0 Å². The van der Waals surface area contributed by atoms with Gasteiger partial charge in [-0.25, -0.2) is 4.98 Å². The second-order valence-corrected chi connectivity index (χ2v) is 6.57. The number of ether oxygens (including phenoxy) is 2. The van der Waals surface area contributed by atoms with Gasteiger partial charge in [0.05, 0.1) is 30.8 Å². The summed E-state index contributed by atoms with van der Waals surface area (Å²) < 4.78 is 13.1. The zero-order valence-corrected chi connectivity index (χ0v) is 15.0. The second-order valence-electron chi connectivity index (χ2n) is 6.14. The van der Waals surface area contributed by atoms with Crippen LogP contribution in [0.15, 0.2) is 42.5 Å². The number of hydrogen-bond acceptors (Lipinski definition) is 4. The molecule has 2 aromatic carbocycles. The van der Waals surface area contributed by atoms with Crippen LogP contribution in [-0.2, 0) is 11.3 Å². The lowest BCUT2D eigenvalue weighted by atomic mass is 10.2. The van der Waals surface area contributed by atoms with Gasteiger partial charge in [-0.1, -0.05) is 11.6 Å². The van der Waals surface area contributed by atoms with Crippen molar-refractivity contribution < 1.29 is 14.3 Å². The van der Waals surface area contributed by atoms with E-state index in [9.17, 15) is 4.79 Å². The van der Waals surface area contributed by atoms with Gasteiger partial charge in [0.2, 0.25) is 0 Å². The predicted octanol–water partition coefficient (Wildman–Crippen LogP) is 3.20. The van der Waals surface area contributed by atoms with E-state index in [1.807, 2.05) is 18.2 Å². The van der Waals surface area contributed by atoms with E-state index in [0.29, 0.717) is 30.3 Å². The van der Waals surface area contributed by atoms with Crippen LogP contribution in [-0.4, -0.2) is 35.7 Å². The number of fused-ring (bicyclic) bond motifs is 3. The lowest BCUT2D eigenvalue weighted by Gasteiger charge is -2.26. The monoisotopic (exact) mass is 371 g/mol. The second kappa shape index (κ2) is 6.97. The van der Waals surface area contributed by atoms with Gasteiger partial charge < -0.3 is 19.4 Å². The highest BCUT2D eigenvalue weighted by molar-refractivity contribution is 6.30. The SMILES string of the molecule is COc1ccc2c(c1)nc1n2C(CNC(=O)c2ccc(Cl)cc2)COC1. The number of benzene rings is 2. The summed E-state index contributed by atoms with van der Waals surface area (Å²) in [5, 5.41) is 3.57. The van der Waals surface area contributed by atoms with Crippen LogP contribution in [0.2, 0.25) is 5.02 Å². The quantitative estimate of drug-likeness (QED) is 0.764. The molecule has 134 valence electrons. The Morgan fingerprint density at radius 1 is 1.35 bits per heavy atom. The summed E-state index contributed by atoms with van der Waals surface area (Å²) in [5.41, 5.74) is 2.44. The van der Waals surface area contributed by atoms with Crippen molar-refractivity contribution in [1.29, 1.82) is 0 Å². The van der Waals surface area contributed by atoms with E-state index in [4.69, 9.17) is 21.1 Å². The van der Waals surface area contributed by atoms with Crippen molar-refractivity contribution in [3.05, 3.63) is 58.9 Å². The maximum absolute atomic E-state index is 12.4. The molecule has 26 heavy (non-hydrogen) atoms. The van der Waals surface area contributed by atoms with Crippen molar-refractivity contribution in [2.24, 2.45) is 0 Å². The first-order chi connectivity index (χ1) is 12.7. The van der Waals surface area contributed by atoms with Crippen molar-refractivity contribution >= 4 is 28.5 Å². The summed E-state index contributed by atoms with van der Waals surface area (Å²) in [6, 6.07) is 12.6. The minimum absolute atomic E-state index is 0.0200. The van der Waals surface area contributed by atoms with E-state index in [2.05, 4.69) is 14.9 Å². The number of nitrogens with zero attached hydrogens (tertiary/aromatic N) is 2. The number of carbonyl (C=O) groups excluding carboxylic acids is 1. The summed E-state index contributed by atoms with van der Waals surface area (Å²) in [6.45, 7) is 1.43. The van der Waals surface area contributed by atoms with E-state index < -0.39 is 0 Å². The standard InChI is InChI=1S/C19H18ClN3O3/c1-25-15-6-7-17-16(8-15)22-18-11-26-10-14(23(17)18)9-21-19(24)12-2-4-13(20)5-3-12/h2-8,14H,9-11H2,1H3,(H,21,24). The summed E-state index contributed by atoms with van der Waals surface area (Å²) in [6.07, 6.45) is 0. The average Bonchev–Trinajstić information content (AvgIpc) is 3.04. The minimum Gasteiger partial charge on any atom is -0.497 e. The molecule has 0 spiro atoms. The van der Waals surface area contributed by atoms with E-state index in [0.717, 1.165) is 22.6 Å². The van der Waals surface area contributed by atoms with Gasteiger partial charge in [-0.15, -0.1) is 0 Å². The molecule has 1 aliphatic heterocycles. The highest BCUT2D eigenvalue weighted by Crippen LogP contribution is 2.28. The van der Waals surface area contributed by atoms with Crippen LogP contribution in [0.3, 0.4) is 0 Å². The number of imidazole rings is 1. The lowest BCUT2D eigenvalue weighted by Crippen LogP contribution is -2.35. The predicted molar refractivity (Wildman–Crippen MR) is 98.8 cm³/mol. The molecular weight excluding hydrogens is 354 g/mol. The Bertz CT molecular complexity index is 953. The molecule has 6 nitrogen and oxygen atoms in total. The van der Waals surface area contributed by atoms with Crippen LogP contribution < -0.4 is 10.1 Å². The average molecular weight is 372 g/mol. The molecular formula is C19H18ClN3O3. The van der Waals surface area contributed by atoms with Crippen LogP contribution >= 0.6 is 11.6 Å². The minimum atomic E-state index is -0.139. The van der Waals surface area contributed by atoms with Gasteiger partial charge in [0.1, 0.15) is 18.2 Å². The Kier molecular flexibility index (Phi) is 4.53. The molecule has 0 saturated heterocycles. The molecule has 3 aromatic rings. The summed E-state index contributed by atoms with van der Waals surface area (Å²) in [5.74, 6) is 1.48. The number of rotatable bonds is 4. The Labute approximate surface area is 155 Å². The summed E-state index contributed by atoms with van der Waals surface area (Å²) >= 11 is 5.87. The fourth-order valence-electron chi connectivity index (χ4n) is 3.19. The van der Waals surface area contributed by atoms with Crippen molar-refractivity contribution in [3.8, 4) is 5.75 Å². The van der Waals surface area contributed by atoms with E-state index in [1.165, 1.54) is 0 Å². The lowest BCUT2D eigenvalue weighted by molar-refractivity contribution is 0.0553. The third-order valence-electron chi connectivity index (χ3n) is 4.48. The third kappa shape index (κ3) is 3.13. The van der Waals surface area contributed by atoms with Crippen LogP contribution in [0.25, 0.3) is 11.0 Å². The van der Waals surface area contributed by atoms with Crippen molar-refractivity contribution in [2.75, 3.05) is 20.3 Å². The number of nitrogens with one attached hydrogen (secondary N) is 1. The Morgan fingerprint density at radius 3 is 2.92 bits per heavy atom. The van der Waals surface area contributed by atoms with Gasteiger partial charge in [0, 0.05) is 23.2 Å². The van der Waals surface area contributed by atoms with Gasteiger partial charge in [-0.2, -0.15) is 0 Å². The number of amides is 1. The maximum Gasteiger partial charge on any atom is 0.251 e. The molecule has 0 radical (unpaired) electrons. The molecule has 0 fully saturated rings. The Balaban J connectivity index is 1.56. The van der Waals surface area contributed by atoms with E-state index in [1.54, 1.807) is 31.4 Å². The fourth-order valence-corrected chi connectivity index (χ4v) is 3.32. The Morgan fingerprint density at radius 2 is 2.15 bits per heavy atom. The largest absolute Gasteiger partial charge is 0.497 e. The highest BCUT2D eigenvalue weighted by atomic mass is 35.5. The molecule has 2 heterocycles. The van der Waals surface area contributed by atoms with Gasteiger partial charge in [0.15, 0.2) is 0 Å².